The molecule has 0 fully saturated rings. The van der Waals surface area contributed by atoms with Gasteiger partial charge >= 0.3 is 0 Å². The first-order valence-corrected chi connectivity index (χ1v) is 8.64. The SMILES string of the molecule is CC(C)Cc1cc(-c2ccccc2)ccc1C=Cc1ccccc1. The monoisotopic (exact) mass is 312 g/mol. The van der Waals surface area contributed by atoms with Crippen LogP contribution in [0.2, 0.25) is 0 Å². The highest BCUT2D eigenvalue weighted by atomic mass is 14.1. The second kappa shape index (κ2) is 7.79. The van der Waals surface area contributed by atoms with Gasteiger partial charge in [-0.1, -0.05) is 105 Å². The number of benzene rings is 3. The fourth-order valence-corrected chi connectivity index (χ4v) is 2.95. The number of hydrogen-bond acceptors (Lipinski definition) is 0. The Bertz CT molecular complexity index is 796. The van der Waals surface area contributed by atoms with Gasteiger partial charge in [0, 0.05) is 0 Å². The van der Waals surface area contributed by atoms with E-state index in [-0.39, 0.29) is 0 Å². The molecule has 0 nitrogen and oxygen atoms in total. The largest absolute Gasteiger partial charge is 0.0625 e. The van der Waals surface area contributed by atoms with Crippen molar-refractivity contribution in [2.75, 3.05) is 0 Å². The molecule has 3 aromatic carbocycles. The standard InChI is InChI=1S/C24H24/c1-19(2)17-24-18-23(21-11-7-4-8-12-21)16-15-22(24)14-13-20-9-5-3-6-10-20/h3-16,18-19H,17H2,1-2H3. The summed E-state index contributed by atoms with van der Waals surface area (Å²) in [5, 5.41) is 0. The van der Waals surface area contributed by atoms with Crippen LogP contribution in [-0.2, 0) is 6.42 Å². The van der Waals surface area contributed by atoms with E-state index in [0.717, 1.165) is 6.42 Å². The molecule has 0 aliphatic heterocycles. The first-order valence-electron chi connectivity index (χ1n) is 8.64. The summed E-state index contributed by atoms with van der Waals surface area (Å²) in [5.74, 6) is 0.639. The van der Waals surface area contributed by atoms with Crippen LogP contribution in [0.4, 0.5) is 0 Å². The second-order valence-electron chi connectivity index (χ2n) is 6.62. The van der Waals surface area contributed by atoms with Crippen LogP contribution in [0.5, 0.6) is 0 Å². The molecule has 0 unspecified atom stereocenters. The van der Waals surface area contributed by atoms with Gasteiger partial charge in [-0.25, -0.2) is 0 Å². The zero-order valence-corrected chi connectivity index (χ0v) is 14.4. The maximum Gasteiger partial charge on any atom is -0.0181 e. The molecule has 24 heavy (non-hydrogen) atoms. The molecule has 0 radical (unpaired) electrons. The van der Waals surface area contributed by atoms with Crippen molar-refractivity contribution in [1.82, 2.24) is 0 Å². The van der Waals surface area contributed by atoms with Gasteiger partial charge < -0.3 is 0 Å². The molecule has 0 bridgehead atoms. The molecule has 0 aliphatic carbocycles. The van der Waals surface area contributed by atoms with Gasteiger partial charge in [0.2, 0.25) is 0 Å². The Kier molecular flexibility index (Phi) is 5.28. The van der Waals surface area contributed by atoms with Crippen LogP contribution >= 0.6 is 0 Å². The lowest BCUT2D eigenvalue weighted by atomic mass is 9.93. The average molecular weight is 312 g/mol. The summed E-state index contributed by atoms with van der Waals surface area (Å²) in [6.45, 7) is 4.56. The summed E-state index contributed by atoms with van der Waals surface area (Å²) in [4.78, 5) is 0. The van der Waals surface area contributed by atoms with Crippen molar-refractivity contribution >= 4 is 12.2 Å². The minimum absolute atomic E-state index is 0.639. The molecule has 0 saturated carbocycles. The third kappa shape index (κ3) is 4.23. The minimum Gasteiger partial charge on any atom is -0.0625 e. The highest BCUT2D eigenvalue weighted by Crippen LogP contribution is 2.25. The van der Waals surface area contributed by atoms with E-state index in [2.05, 4.69) is 105 Å². The molecule has 0 saturated heterocycles. The molecule has 0 heterocycles. The molecule has 0 N–H and O–H groups in total. The van der Waals surface area contributed by atoms with E-state index in [1.54, 1.807) is 0 Å². The van der Waals surface area contributed by atoms with Crippen LogP contribution in [0.1, 0.15) is 30.5 Å². The van der Waals surface area contributed by atoms with Crippen molar-refractivity contribution in [3.05, 3.63) is 95.6 Å². The normalized spacial score (nSPS) is 11.3. The van der Waals surface area contributed by atoms with Crippen LogP contribution in [-0.4, -0.2) is 0 Å². The van der Waals surface area contributed by atoms with Gasteiger partial charge in [0.25, 0.3) is 0 Å². The summed E-state index contributed by atoms with van der Waals surface area (Å²) in [6, 6.07) is 27.9. The third-order valence-electron chi connectivity index (χ3n) is 4.13. The maximum absolute atomic E-state index is 2.35. The van der Waals surface area contributed by atoms with E-state index < -0.39 is 0 Å². The molecule has 0 amide bonds. The van der Waals surface area contributed by atoms with E-state index in [9.17, 15) is 0 Å². The molecule has 120 valence electrons. The molecule has 0 heteroatoms. The van der Waals surface area contributed by atoms with E-state index in [1.807, 2.05) is 0 Å². The Morgan fingerprint density at radius 2 is 1.38 bits per heavy atom. The van der Waals surface area contributed by atoms with Crippen molar-refractivity contribution in [2.24, 2.45) is 5.92 Å². The molecular weight excluding hydrogens is 288 g/mol. The maximum atomic E-state index is 2.35. The van der Waals surface area contributed by atoms with Gasteiger partial charge in [0.15, 0.2) is 0 Å². The summed E-state index contributed by atoms with van der Waals surface area (Å²) in [5.41, 5.74) is 6.54. The fraction of sp³-hybridized carbons (Fsp3) is 0.167. The average Bonchev–Trinajstić information content (AvgIpc) is 2.62. The van der Waals surface area contributed by atoms with Crippen molar-refractivity contribution in [2.45, 2.75) is 20.3 Å². The molecule has 0 aliphatic rings. The lowest BCUT2D eigenvalue weighted by molar-refractivity contribution is 0.647. The third-order valence-corrected chi connectivity index (χ3v) is 4.13. The zero-order valence-electron chi connectivity index (χ0n) is 14.4. The van der Waals surface area contributed by atoms with E-state index in [4.69, 9.17) is 0 Å². The number of hydrogen-bond donors (Lipinski definition) is 0. The number of rotatable bonds is 5. The van der Waals surface area contributed by atoms with Crippen LogP contribution in [0.3, 0.4) is 0 Å². The van der Waals surface area contributed by atoms with Crippen LogP contribution in [0.25, 0.3) is 23.3 Å². The van der Waals surface area contributed by atoms with E-state index in [0.29, 0.717) is 5.92 Å². The predicted molar refractivity (Wildman–Crippen MR) is 106 cm³/mol. The summed E-state index contributed by atoms with van der Waals surface area (Å²) < 4.78 is 0. The van der Waals surface area contributed by atoms with Crippen molar-refractivity contribution in [1.29, 1.82) is 0 Å². The summed E-state index contributed by atoms with van der Waals surface area (Å²) in [6.07, 6.45) is 5.53. The quantitative estimate of drug-likeness (QED) is 0.459. The van der Waals surface area contributed by atoms with Crippen LogP contribution in [0.15, 0.2) is 78.9 Å². The van der Waals surface area contributed by atoms with E-state index >= 15 is 0 Å². The van der Waals surface area contributed by atoms with Crippen LogP contribution < -0.4 is 0 Å². The van der Waals surface area contributed by atoms with Crippen LogP contribution in [0, 0.1) is 5.92 Å². The Labute approximate surface area is 145 Å². The Balaban J connectivity index is 1.95. The zero-order chi connectivity index (χ0) is 16.8. The smallest absolute Gasteiger partial charge is 0.0181 e. The highest BCUT2D eigenvalue weighted by molar-refractivity contribution is 5.74. The van der Waals surface area contributed by atoms with Gasteiger partial charge in [-0.05, 0) is 40.2 Å². The van der Waals surface area contributed by atoms with Crippen molar-refractivity contribution in [3.8, 4) is 11.1 Å². The lowest BCUT2D eigenvalue weighted by Crippen LogP contribution is -1.97. The second-order valence-corrected chi connectivity index (χ2v) is 6.62. The van der Waals surface area contributed by atoms with Gasteiger partial charge in [0.1, 0.15) is 0 Å². The lowest BCUT2D eigenvalue weighted by Gasteiger charge is -2.12. The van der Waals surface area contributed by atoms with Gasteiger partial charge in [-0.2, -0.15) is 0 Å². The predicted octanol–water partition coefficient (Wildman–Crippen LogP) is 6.72. The first kappa shape index (κ1) is 16.3. The summed E-state index contributed by atoms with van der Waals surface area (Å²) in [7, 11) is 0. The van der Waals surface area contributed by atoms with Gasteiger partial charge in [-0.15, -0.1) is 0 Å². The summed E-state index contributed by atoms with van der Waals surface area (Å²) >= 11 is 0. The molecule has 0 spiro atoms. The topological polar surface area (TPSA) is 0 Å². The minimum atomic E-state index is 0.639. The first-order chi connectivity index (χ1) is 11.7. The Morgan fingerprint density at radius 1 is 0.708 bits per heavy atom. The van der Waals surface area contributed by atoms with Crippen molar-refractivity contribution < 1.29 is 0 Å². The molecular formula is C24H24. The Morgan fingerprint density at radius 3 is 2.04 bits per heavy atom. The molecule has 0 aromatic heterocycles. The molecule has 0 atom stereocenters. The van der Waals surface area contributed by atoms with Crippen molar-refractivity contribution in [3.63, 3.8) is 0 Å². The van der Waals surface area contributed by atoms with E-state index in [1.165, 1.54) is 27.8 Å². The van der Waals surface area contributed by atoms with Gasteiger partial charge in [-0.3, -0.25) is 0 Å². The molecule has 3 aromatic rings. The fourth-order valence-electron chi connectivity index (χ4n) is 2.95. The Hall–Kier alpha value is -2.60. The highest BCUT2D eigenvalue weighted by Gasteiger charge is 2.06. The molecule has 3 rings (SSSR count). The van der Waals surface area contributed by atoms with Gasteiger partial charge in [0.05, 0.1) is 0 Å².